The quantitative estimate of drug-likeness (QED) is 0.0417. The van der Waals surface area contributed by atoms with Gasteiger partial charge in [0.2, 0.25) is 5.91 Å². The number of carbonyl (C=O) groups is 2. The minimum atomic E-state index is -0.781. The van der Waals surface area contributed by atoms with Crippen molar-refractivity contribution in [2.24, 2.45) is 0 Å². The van der Waals surface area contributed by atoms with E-state index >= 15 is 0 Å². The van der Waals surface area contributed by atoms with E-state index in [1.165, 1.54) is 263 Å². The molecule has 0 aliphatic rings. The summed E-state index contributed by atoms with van der Waals surface area (Å²) in [5.74, 6) is -0.442. The van der Waals surface area contributed by atoms with Crippen LogP contribution in [0.4, 0.5) is 0 Å². The second-order valence-corrected chi connectivity index (χ2v) is 21.1. The molecule has 0 aromatic carbocycles. The van der Waals surface area contributed by atoms with Crippen molar-refractivity contribution in [2.75, 3.05) is 6.61 Å². The van der Waals surface area contributed by atoms with E-state index in [0.29, 0.717) is 19.3 Å². The molecule has 66 heavy (non-hydrogen) atoms. The zero-order chi connectivity index (χ0) is 48.1. The normalized spacial score (nSPS) is 13.0. The van der Waals surface area contributed by atoms with Crippen molar-refractivity contribution < 1.29 is 24.5 Å². The van der Waals surface area contributed by atoms with Crippen molar-refractivity contribution in [2.45, 2.75) is 366 Å². The summed E-state index contributed by atoms with van der Waals surface area (Å²) in [6, 6.07) is -0.693. The summed E-state index contributed by atoms with van der Waals surface area (Å²) >= 11 is 0. The van der Waals surface area contributed by atoms with Gasteiger partial charge in [-0.1, -0.05) is 310 Å². The lowest BCUT2D eigenvalue weighted by Gasteiger charge is -2.24. The molecule has 0 saturated heterocycles. The van der Waals surface area contributed by atoms with E-state index < -0.39 is 18.2 Å². The van der Waals surface area contributed by atoms with Crippen molar-refractivity contribution >= 4 is 11.9 Å². The predicted octanol–water partition coefficient (Wildman–Crippen LogP) is 18.7. The minimum Gasteiger partial charge on any atom is -0.462 e. The molecule has 0 heterocycles. The highest BCUT2D eigenvalue weighted by molar-refractivity contribution is 5.77. The van der Waals surface area contributed by atoms with Crippen LogP contribution in [0.25, 0.3) is 0 Å². The van der Waals surface area contributed by atoms with Crippen LogP contribution in [0.3, 0.4) is 0 Å². The highest BCUT2D eigenvalue weighted by atomic mass is 16.5. The van der Waals surface area contributed by atoms with Gasteiger partial charge in [0, 0.05) is 6.42 Å². The molecule has 3 unspecified atom stereocenters. The Hall–Kier alpha value is -1.14. The molecule has 6 nitrogen and oxygen atoms in total. The van der Waals surface area contributed by atoms with Crippen molar-refractivity contribution in [1.29, 1.82) is 0 Å². The first-order valence-electron chi connectivity index (χ1n) is 30.3. The van der Waals surface area contributed by atoms with Gasteiger partial charge in [-0.2, -0.15) is 0 Å². The lowest BCUT2D eigenvalue weighted by atomic mass is 10.0. The van der Waals surface area contributed by atoms with Gasteiger partial charge >= 0.3 is 5.97 Å². The van der Waals surface area contributed by atoms with Gasteiger partial charge in [-0.15, -0.1) is 0 Å². The molecule has 0 spiro atoms. The Labute approximate surface area is 413 Å². The SMILES string of the molecule is CCCCCCCCCCCCCCCCCCCC(O)C(CO)NC(=O)CC(CCCCCCCCCCCCCCCC)OC(=O)CCCCCCCCCCCCCCCCCC. The van der Waals surface area contributed by atoms with E-state index in [4.69, 9.17) is 4.74 Å². The molecule has 3 N–H and O–H groups in total. The minimum absolute atomic E-state index is 0.0888. The molecule has 6 heteroatoms. The number of aliphatic hydroxyl groups excluding tert-OH is 2. The van der Waals surface area contributed by atoms with Gasteiger partial charge in [0.05, 0.1) is 25.2 Å². The molecule has 1 amide bonds. The molecule has 0 fully saturated rings. The maximum atomic E-state index is 13.3. The number of amides is 1. The van der Waals surface area contributed by atoms with Crippen molar-refractivity contribution in [3.05, 3.63) is 0 Å². The molecular formula is C60H119NO5. The molecule has 0 rings (SSSR count). The van der Waals surface area contributed by atoms with Gasteiger partial charge in [0.25, 0.3) is 0 Å². The van der Waals surface area contributed by atoms with E-state index in [2.05, 4.69) is 26.1 Å². The van der Waals surface area contributed by atoms with Crippen LogP contribution in [0.2, 0.25) is 0 Å². The Morgan fingerprint density at radius 3 is 0.924 bits per heavy atom. The summed E-state index contributed by atoms with van der Waals surface area (Å²) in [4.78, 5) is 26.3. The summed E-state index contributed by atoms with van der Waals surface area (Å²) < 4.78 is 5.98. The number of ether oxygens (including phenoxy) is 1. The number of hydrogen-bond acceptors (Lipinski definition) is 5. The van der Waals surface area contributed by atoms with Crippen LogP contribution >= 0.6 is 0 Å². The third kappa shape index (κ3) is 49.3. The van der Waals surface area contributed by atoms with Crippen LogP contribution < -0.4 is 5.32 Å². The number of carbonyl (C=O) groups excluding carboxylic acids is 2. The van der Waals surface area contributed by atoms with E-state index in [1.807, 2.05) is 0 Å². The summed E-state index contributed by atoms with van der Waals surface area (Å²) in [5, 5.41) is 23.9. The fraction of sp³-hybridized carbons (Fsp3) is 0.967. The summed E-state index contributed by atoms with van der Waals surface area (Å²) in [6.07, 6.45) is 61.7. The summed E-state index contributed by atoms with van der Waals surface area (Å²) in [5.41, 5.74) is 0. The second kappa shape index (κ2) is 54.8. The average Bonchev–Trinajstić information content (AvgIpc) is 3.31. The molecule has 0 bridgehead atoms. The Morgan fingerprint density at radius 1 is 0.379 bits per heavy atom. The van der Waals surface area contributed by atoms with Gasteiger partial charge in [-0.3, -0.25) is 9.59 Å². The molecule has 0 radical (unpaired) electrons. The van der Waals surface area contributed by atoms with Crippen LogP contribution in [0.15, 0.2) is 0 Å². The van der Waals surface area contributed by atoms with Gasteiger partial charge in [0.1, 0.15) is 6.10 Å². The maximum Gasteiger partial charge on any atom is 0.306 e. The molecule has 3 atom stereocenters. The summed E-state index contributed by atoms with van der Waals surface area (Å²) in [6.45, 7) is 6.55. The first kappa shape index (κ1) is 64.9. The topological polar surface area (TPSA) is 95.9 Å². The van der Waals surface area contributed by atoms with Crippen LogP contribution in [-0.4, -0.2) is 46.9 Å². The van der Waals surface area contributed by atoms with Crippen LogP contribution in [-0.2, 0) is 14.3 Å². The number of hydrogen-bond donors (Lipinski definition) is 3. The average molecular weight is 935 g/mol. The highest BCUT2D eigenvalue weighted by Gasteiger charge is 2.24. The van der Waals surface area contributed by atoms with Crippen LogP contribution in [0.5, 0.6) is 0 Å². The molecule has 0 aromatic rings. The third-order valence-corrected chi connectivity index (χ3v) is 14.4. The number of rotatable bonds is 56. The number of unbranched alkanes of at least 4 members (excludes halogenated alkanes) is 44. The summed E-state index contributed by atoms with van der Waals surface area (Å²) in [7, 11) is 0. The van der Waals surface area contributed by atoms with E-state index in [1.54, 1.807) is 0 Å². The van der Waals surface area contributed by atoms with Crippen molar-refractivity contribution in [3.8, 4) is 0 Å². The predicted molar refractivity (Wildman–Crippen MR) is 287 cm³/mol. The van der Waals surface area contributed by atoms with E-state index in [9.17, 15) is 19.8 Å². The van der Waals surface area contributed by atoms with E-state index in [0.717, 1.165) is 38.5 Å². The standard InChI is InChI=1S/C60H119NO5/c1-4-7-10-13-16-19-22-25-28-30-31-34-37-40-43-46-49-52-58(63)57(55-62)61-59(64)54-56(51-48-45-42-39-36-33-27-24-21-18-15-12-9-6-3)66-60(65)53-50-47-44-41-38-35-32-29-26-23-20-17-14-11-8-5-2/h56-58,62-63H,4-55H2,1-3H3,(H,61,64). The monoisotopic (exact) mass is 934 g/mol. The maximum absolute atomic E-state index is 13.3. The van der Waals surface area contributed by atoms with Gasteiger partial charge in [-0.05, 0) is 25.7 Å². The molecule has 0 aliphatic carbocycles. The fourth-order valence-electron chi connectivity index (χ4n) is 9.85. The Kier molecular flexibility index (Phi) is 53.8. The second-order valence-electron chi connectivity index (χ2n) is 21.1. The zero-order valence-corrected chi connectivity index (χ0v) is 45.1. The Balaban J connectivity index is 4.44. The largest absolute Gasteiger partial charge is 0.462 e. The zero-order valence-electron chi connectivity index (χ0n) is 45.1. The molecular weight excluding hydrogens is 815 g/mol. The fourth-order valence-corrected chi connectivity index (χ4v) is 9.85. The van der Waals surface area contributed by atoms with Crippen molar-refractivity contribution in [1.82, 2.24) is 5.32 Å². The van der Waals surface area contributed by atoms with Gasteiger partial charge < -0.3 is 20.3 Å². The lowest BCUT2D eigenvalue weighted by Crippen LogP contribution is -2.46. The van der Waals surface area contributed by atoms with Gasteiger partial charge in [-0.25, -0.2) is 0 Å². The van der Waals surface area contributed by atoms with E-state index in [-0.39, 0.29) is 24.9 Å². The number of esters is 1. The highest BCUT2D eigenvalue weighted by Crippen LogP contribution is 2.20. The molecule has 394 valence electrons. The number of aliphatic hydroxyl groups is 2. The Morgan fingerprint density at radius 2 is 0.636 bits per heavy atom. The first-order chi connectivity index (χ1) is 32.5. The molecule has 0 aliphatic heterocycles. The van der Waals surface area contributed by atoms with Gasteiger partial charge in [0.15, 0.2) is 0 Å². The van der Waals surface area contributed by atoms with Crippen LogP contribution in [0.1, 0.15) is 348 Å². The third-order valence-electron chi connectivity index (χ3n) is 14.4. The smallest absolute Gasteiger partial charge is 0.306 e. The Bertz CT molecular complexity index is 959. The molecule has 0 saturated carbocycles. The molecule has 0 aromatic heterocycles. The lowest BCUT2D eigenvalue weighted by molar-refractivity contribution is -0.151. The van der Waals surface area contributed by atoms with Crippen LogP contribution in [0, 0.1) is 0 Å². The van der Waals surface area contributed by atoms with Crippen molar-refractivity contribution in [3.63, 3.8) is 0 Å². The number of nitrogens with one attached hydrogen (secondary N) is 1. The first-order valence-corrected chi connectivity index (χ1v) is 30.3.